The third kappa shape index (κ3) is 2.21. The van der Waals surface area contributed by atoms with Crippen LogP contribution in [-0.2, 0) is 0 Å². The molecule has 1 N–H and O–H groups in total. The lowest BCUT2D eigenvalue weighted by atomic mass is 10.1. The lowest BCUT2D eigenvalue weighted by Gasteiger charge is -2.05. The average Bonchev–Trinajstić information content (AvgIpc) is 2.46. The van der Waals surface area contributed by atoms with Gasteiger partial charge in [0.1, 0.15) is 5.69 Å². The summed E-state index contributed by atoms with van der Waals surface area (Å²) in [7, 11) is 0. The van der Waals surface area contributed by atoms with Gasteiger partial charge >= 0.3 is 5.97 Å². The maximum atomic E-state index is 10.9. The van der Waals surface area contributed by atoms with Crippen molar-refractivity contribution in [3.05, 3.63) is 59.2 Å². The Morgan fingerprint density at radius 1 is 1.00 bits per heavy atom. The van der Waals surface area contributed by atoms with E-state index in [9.17, 15) is 4.79 Å². The number of aromatic nitrogens is 2. The van der Waals surface area contributed by atoms with Crippen molar-refractivity contribution in [1.29, 1.82) is 0 Å². The first kappa shape index (κ1) is 12.6. The number of hydrogen-bond donors (Lipinski definition) is 1. The van der Waals surface area contributed by atoms with Gasteiger partial charge in [0, 0.05) is 5.56 Å². The van der Waals surface area contributed by atoms with Gasteiger partial charge in [0.2, 0.25) is 0 Å². The van der Waals surface area contributed by atoms with Gasteiger partial charge in [-0.2, -0.15) is 0 Å². The van der Waals surface area contributed by atoms with Crippen LogP contribution >= 0.6 is 11.6 Å². The Morgan fingerprint density at radius 2 is 1.75 bits per heavy atom. The largest absolute Gasteiger partial charge is 0.478 e. The fourth-order valence-corrected chi connectivity index (χ4v) is 2.19. The van der Waals surface area contributed by atoms with Gasteiger partial charge in [-0.1, -0.05) is 41.9 Å². The van der Waals surface area contributed by atoms with E-state index in [0.717, 1.165) is 5.56 Å². The molecule has 3 aromatic rings. The highest BCUT2D eigenvalue weighted by Gasteiger charge is 2.11. The van der Waals surface area contributed by atoms with Gasteiger partial charge in [-0.15, -0.1) is 0 Å². The number of aromatic carboxylic acids is 1. The topological polar surface area (TPSA) is 63.1 Å². The molecule has 0 bridgehead atoms. The van der Waals surface area contributed by atoms with Crippen molar-refractivity contribution in [3.63, 3.8) is 0 Å². The molecule has 98 valence electrons. The standard InChI is InChI=1S/C15H9ClN2O2/c16-14-13(9-4-2-1-3-5-9)17-11-7-6-10(15(19)20)8-12(11)18-14/h1-8H,(H,19,20). The Morgan fingerprint density at radius 3 is 2.45 bits per heavy atom. The van der Waals surface area contributed by atoms with Gasteiger partial charge in [-0.3, -0.25) is 0 Å². The molecule has 0 amide bonds. The fraction of sp³-hybridized carbons (Fsp3) is 0. The Balaban J connectivity index is 2.20. The zero-order valence-corrected chi connectivity index (χ0v) is 11.0. The van der Waals surface area contributed by atoms with E-state index in [1.807, 2.05) is 30.3 Å². The summed E-state index contributed by atoms with van der Waals surface area (Å²) in [5.74, 6) is -1.00. The maximum Gasteiger partial charge on any atom is 0.335 e. The van der Waals surface area contributed by atoms with Crippen molar-refractivity contribution >= 4 is 28.6 Å². The average molecular weight is 285 g/mol. The van der Waals surface area contributed by atoms with E-state index in [1.54, 1.807) is 6.07 Å². The summed E-state index contributed by atoms with van der Waals surface area (Å²) < 4.78 is 0. The van der Waals surface area contributed by atoms with E-state index < -0.39 is 5.97 Å². The summed E-state index contributed by atoms with van der Waals surface area (Å²) in [4.78, 5) is 19.6. The van der Waals surface area contributed by atoms with E-state index in [0.29, 0.717) is 16.7 Å². The molecule has 0 saturated carbocycles. The number of nitrogens with zero attached hydrogens (tertiary/aromatic N) is 2. The predicted octanol–water partition coefficient (Wildman–Crippen LogP) is 3.65. The molecule has 0 fully saturated rings. The van der Waals surface area contributed by atoms with Crippen molar-refractivity contribution in [3.8, 4) is 11.3 Å². The van der Waals surface area contributed by atoms with Crippen molar-refractivity contribution in [2.75, 3.05) is 0 Å². The molecule has 0 atom stereocenters. The summed E-state index contributed by atoms with van der Waals surface area (Å²) >= 11 is 6.15. The molecule has 1 heterocycles. The summed E-state index contributed by atoms with van der Waals surface area (Å²) in [5.41, 5.74) is 2.69. The number of carboxylic acid groups (broad SMARTS) is 1. The van der Waals surface area contributed by atoms with E-state index in [1.165, 1.54) is 12.1 Å². The van der Waals surface area contributed by atoms with Crippen LogP contribution in [0.15, 0.2) is 48.5 Å². The number of benzene rings is 2. The highest BCUT2D eigenvalue weighted by atomic mass is 35.5. The highest BCUT2D eigenvalue weighted by Crippen LogP contribution is 2.26. The molecule has 0 saturated heterocycles. The van der Waals surface area contributed by atoms with E-state index in [2.05, 4.69) is 9.97 Å². The zero-order valence-electron chi connectivity index (χ0n) is 10.2. The molecular weight excluding hydrogens is 276 g/mol. The van der Waals surface area contributed by atoms with Crippen LogP contribution in [0.4, 0.5) is 0 Å². The fourth-order valence-electron chi connectivity index (χ4n) is 1.95. The molecule has 2 aromatic carbocycles. The highest BCUT2D eigenvalue weighted by molar-refractivity contribution is 6.32. The Kier molecular flexibility index (Phi) is 3.08. The molecule has 4 nitrogen and oxygen atoms in total. The van der Waals surface area contributed by atoms with Crippen molar-refractivity contribution in [2.24, 2.45) is 0 Å². The van der Waals surface area contributed by atoms with Gasteiger partial charge in [0.05, 0.1) is 16.6 Å². The van der Waals surface area contributed by atoms with Crippen LogP contribution in [0.3, 0.4) is 0 Å². The third-order valence-corrected chi connectivity index (χ3v) is 3.18. The zero-order chi connectivity index (χ0) is 14.1. The molecule has 0 unspecified atom stereocenters. The van der Waals surface area contributed by atoms with Crippen LogP contribution in [0.1, 0.15) is 10.4 Å². The molecule has 0 aliphatic carbocycles. The second kappa shape index (κ2) is 4.90. The van der Waals surface area contributed by atoms with Gasteiger partial charge < -0.3 is 5.11 Å². The number of rotatable bonds is 2. The van der Waals surface area contributed by atoms with Crippen molar-refractivity contribution < 1.29 is 9.90 Å². The molecule has 20 heavy (non-hydrogen) atoms. The summed E-state index contributed by atoms with van der Waals surface area (Å²) in [6, 6.07) is 14.1. The number of fused-ring (bicyclic) bond motifs is 1. The van der Waals surface area contributed by atoms with E-state index >= 15 is 0 Å². The molecule has 0 radical (unpaired) electrons. The minimum atomic E-state index is -1.00. The molecule has 1 aromatic heterocycles. The van der Waals surface area contributed by atoms with Crippen molar-refractivity contribution in [1.82, 2.24) is 9.97 Å². The lowest BCUT2D eigenvalue weighted by molar-refractivity contribution is 0.0697. The van der Waals surface area contributed by atoms with E-state index in [-0.39, 0.29) is 10.7 Å². The Hall–Kier alpha value is -2.46. The summed E-state index contributed by atoms with van der Waals surface area (Å²) in [5, 5.41) is 9.22. The van der Waals surface area contributed by atoms with Crippen LogP contribution in [0.2, 0.25) is 5.15 Å². The second-order valence-electron chi connectivity index (χ2n) is 4.24. The molecule has 0 spiro atoms. The molecule has 0 aliphatic rings. The van der Waals surface area contributed by atoms with Crippen molar-refractivity contribution in [2.45, 2.75) is 0 Å². The first-order valence-electron chi connectivity index (χ1n) is 5.91. The third-order valence-electron chi connectivity index (χ3n) is 2.92. The molecule has 3 rings (SSSR count). The van der Waals surface area contributed by atoms with Crippen LogP contribution in [0.5, 0.6) is 0 Å². The minimum absolute atomic E-state index is 0.162. The number of carboxylic acids is 1. The van der Waals surface area contributed by atoms with Crippen LogP contribution in [0, 0.1) is 0 Å². The smallest absolute Gasteiger partial charge is 0.335 e. The summed E-state index contributed by atoms with van der Waals surface area (Å²) in [6.45, 7) is 0. The SMILES string of the molecule is O=C(O)c1ccc2nc(-c3ccccc3)c(Cl)nc2c1. The number of halogens is 1. The van der Waals surface area contributed by atoms with Crippen LogP contribution in [0.25, 0.3) is 22.3 Å². The van der Waals surface area contributed by atoms with Crippen LogP contribution < -0.4 is 0 Å². The summed E-state index contributed by atoms with van der Waals surface area (Å²) in [6.07, 6.45) is 0. The molecule has 0 aliphatic heterocycles. The Labute approximate surface area is 119 Å². The number of hydrogen-bond acceptors (Lipinski definition) is 3. The lowest BCUT2D eigenvalue weighted by Crippen LogP contribution is -1.98. The second-order valence-corrected chi connectivity index (χ2v) is 4.60. The molecule has 5 heteroatoms. The van der Waals surface area contributed by atoms with Gasteiger partial charge in [-0.05, 0) is 18.2 Å². The molecular formula is C15H9ClN2O2. The van der Waals surface area contributed by atoms with E-state index in [4.69, 9.17) is 16.7 Å². The predicted molar refractivity (Wildman–Crippen MR) is 76.9 cm³/mol. The quantitative estimate of drug-likeness (QED) is 0.780. The minimum Gasteiger partial charge on any atom is -0.478 e. The number of carbonyl (C=O) groups is 1. The normalized spacial score (nSPS) is 10.7. The van der Waals surface area contributed by atoms with Gasteiger partial charge in [-0.25, -0.2) is 14.8 Å². The first-order valence-corrected chi connectivity index (χ1v) is 6.29. The van der Waals surface area contributed by atoms with Gasteiger partial charge in [0.25, 0.3) is 0 Å². The van der Waals surface area contributed by atoms with Gasteiger partial charge in [0.15, 0.2) is 5.15 Å². The maximum absolute atomic E-state index is 10.9. The van der Waals surface area contributed by atoms with Crippen LogP contribution in [-0.4, -0.2) is 21.0 Å². The monoisotopic (exact) mass is 284 g/mol. The Bertz CT molecular complexity index is 804. The first-order chi connectivity index (χ1) is 9.65.